The lowest BCUT2D eigenvalue weighted by Gasteiger charge is -1.96. The topological polar surface area (TPSA) is 52.1 Å². The molecule has 0 N–H and O–H groups in total. The quantitative estimate of drug-likeness (QED) is 0.491. The number of esters is 1. The van der Waals surface area contributed by atoms with Gasteiger partial charge in [0.15, 0.2) is 0 Å². The summed E-state index contributed by atoms with van der Waals surface area (Å²) in [5.74, 6) is -0.249. The molecule has 0 bridgehead atoms. The second-order valence-electron chi connectivity index (χ2n) is 1.91. The number of aromatic nitrogens is 2. The van der Waals surface area contributed by atoms with Crippen molar-refractivity contribution in [3.8, 4) is 5.88 Å². The molecule has 1 rings (SSSR count). The third-order valence-corrected chi connectivity index (χ3v) is 1.37. The van der Waals surface area contributed by atoms with Crippen molar-refractivity contribution in [3.63, 3.8) is 0 Å². The Kier molecular flexibility index (Phi) is 2.32. The van der Waals surface area contributed by atoms with Crippen molar-refractivity contribution in [1.82, 2.24) is 9.59 Å². The summed E-state index contributed by atoms with van der Waals surface area (Å²) < 4.78 is 8.23. The third-order valence-electron chi connectivity index (χ3n) is 0.886. The van der Waals surface area contributed by atoms with Gasteiger partial charge >= 0.3 is 5.97 Å². The number of ether oxygens (including phenoxy) is 1. The van der Waals surface area contributed by atoms with E-state index < -0.39 is 5.97 Å². The van der Waals surface area contributed by atoms with Crippen molar-refractivity contribution in [3.05, 3.63) is 17.5 Å². The molecule has 0 unspecified atom stereocenters. The van der Waals surface area contributed by atoms with Gasteiger partial charge in [0.2, 0.25) is 0 Å². The van der Waals surface area contributed by atoms with E-state index >= 15 is 0 Å². The fourth-order valence-corrected chi connectivity index (χ4v) is 0.743. The molecular formula is C6H6N2O2S. The Balaban J connectivity index is 2.57. The van der Waals surface area contributed by atoms with Gasteiger partial charge in [0.1, 0.15) is 0 Å². The van der Waals surface area contributed by atoms with Gasteiger partial charge in [-0.15, -0.1) is 0 Å². The molecule has 0 radical (unpaired) electrons. The molecule has 1 aromatic heterocycles. The first-order valence-corrected chi connectivity index (χ1v) is 3.68. The first-order chi connectivity index (χ1) is 5.20. The van der Waals surface area contributed by atoms with Crippen LogP contribution in [0.1, 0.15) is 6.92 Å². The predicted octanol–water partition coefficient (Wildman–Crippen LogP) is 1.02. The first-order valence-electron chi connectivity index (χ1n) is 2.85. The van der Waals surface area contributed by atoms with Crippen LogP contribution >= 0.6 is 11.5 Å². The van der Waals surface area contributed by atoms with Crippen LogP contribution in [0, 0.1) is 0 Å². The molecular weight excluding hydrogens is 164 g/mol. The molecule has 0 spiro atoms. The SMILES string of the molecule is C=C(C)C(=O)Oc1csnn1. The highest BCUT2D eigenvalue weighted by atomic mass is 32.1. The summed E-state index contributed by atoms with van der Waals surface area (Å²) in [5.41, 5.74) is 0.345. The largest absolute Gasteiger partial charge is 0.401 e. The molecule has 0 aliphatic heterocycles. The van der Waals surface area contributed by atoms with Crippen LogP contribution in [0.3, 0.4) is 0 Å². The van der Waals surface area contributed by atoms with E-state index in [1.54, 1.807) is 12.3 Å². The van der Waals surface area contributed by atoms with Crippen molar-refractivity contribution in [1.29, 1.82) is 0 Å². The Morgan fingerprint density at radius 2 is 2.55 bits per heavy atom. The Hall–Kier alpha value is -1.23. The maximum Gasteiger partial charge on any atom is 0.339 e. The van der Waals surface area contributed by atoms with Crippen LogP contribution in [0.5, 0.6) is 5.88 Å². The molecule has 1 heterocycles. The van der Waals surface area contributed by atoms with E-state index in [1.807, 2.05) is 0 Å². The summed E-state index contributed by atoms with van der Waals surface area (Å²) in [6, 6.07) is 0. The third kappa shape index (κ3) is 2.12. The number of nitrogens with zero attached hydrogens (tertiary/aromatic N) is 2. The standard InChI is InChI=1S/C6H6N2O2S/c1-4(2)6(9)10-5-3-11-8-7-5/h3H,1H2,2H3. The van der Waals surface area contributed by atoms with Crippen LogP contribution in [0.25, 0.3) is 0 Å². The van der Waals surface area contributed by atoms with Crippen molar-refractivity contribution >= 4 is 17.5 Å². The van der Waals surface area contributed by atoms with Crippen molar-refractivity contribution < 1.29 is 9.53 Å². The first kappa shape index (κ1) is 7.87. The zero-order valence-corrected chi connectivity index (χ0v) is 6.72. The van der Waals surface area contributed by atoms with Crippen molar-refractivity contribution in [2.45, 2.75) is 6.92 Å². The monoisotopic (exact) mass is 170 g/mol. The summed E-state index contributed by atoms with van der Waals surface area (Å²) in [6.07, 6.45) is 0. The summed E-state index contributed by atoms with van der Waals surface area (Å²) in [4.78, 5) is 10.8. The highest BCUT2D eigenvalue weighted by Gasteiger charge is 2.06. The molecule has 0 atom stereocenters. The van der Waals surface area contributed by atoms with Gasteiger partial charge in [-0.1, -0.05) is 16.2 Å². The Morgan fingerprint density at radius 3 is 3.00 bits per heavy atom. The average molecular weight is 170 g/mol. The number of rotatable bonds is 2. The lowest BCUT2D eigenvalue weighted by molar-refractivity contribution is -0.130. The smallest absolute Gasteiger partial charge is 0.339 e. The molecule has 0 amide bonds. The molecule has 5 heteroatoms. The molecule has 0 saturated carbocycles. The van der Waals surface area contributed by atoms with Gasteiger partial charge in [0, 0.05) is 5.57 Å². The van der Waals surface area contributed by atoms with Crippen molar-refractivity contribution in [2.24, 2.45) is 0 Å². The summed E-state index contributed by atoms with van der Waals surface area (Å²) in [5, 5.41) is 5.07. The van der Waals surface area contributed by atoms with E-state index in [-0.39, 0.29) is 5.88 Å². The molecule has 0 aliphatic carbocycles. The number of carbonyl (C=O) groups excluding carboxylic acids is 1. The second-order valence-corrected chi connectivity index (χ2v) is 2.52. The highest BCUT2D eigenvalue weighted by molar-refractivity contribution is 7.03. The highest BCUT2D eigenvalue weighted by Crippen LogP contribution is 2.07. The van der Waals surface area contributed by atoms with Gasteiger partial charge in [-0.05, 0) is 18.5 Å². The summed E-state index contributed by atoms with van der Waals surface area (Å²) in [7, 11) is 0. The fourth-order valence-electron chi connectivity index (χ4n) is 0.383. The van der Waals surface area contributed by atoms with Gasteiger partial charge in [-0.25, -0.2) is 4.79 Å². The van der Waals surface area contributed by atoms with Crippen LogP contribution in [-0.4, -0.2) is 15.6 Å². The second kappa shape index (κ2) is 3.25. The molecule has 4 nitrogen and oxygen atoms in total. The van der Waals surface area contributed by atoms with Crippen LogP contribution in [0.4, 0.5) is 0 Å². The average Bonchev–Trinajstić information content (AvgIpc) is 2.39. The Bertz CT molecular complexity index is 268. The summed E-state index contributed by atoms with van der Waals surface area (Å²) in [6.45, 7) is 4.99. The van der Waals surface area contributed by atoms with Gasteiger partial charge < -0.3 is 4.74 Å². The molecule has 58 valence electrons. The lowest BCUT2D eigenvalue weighted by atomic mass is 10.4. The van der Waals surface area contributed by atoms with E-state index in [1.165, 1.54) is 0 Å². The Labute approximate surface area is 67.7 Å². The van der Waals surface area contributed by atoms with E-state index in [0.29, 0.717) is 5.57 Å². The fraction of sp³-hybridized carbons (Fsp3) is 0.167. The van der Waals surface area contributed by atoms with Gasteiger partial charge in [0.05, 0.1) is 5.38 Å². The van der Waals surface area contributed by atoms with E-state index in [9.17, 15) is 4.79 Å². The molecule has 0 fully saturated rings. The van der Waals surface area contributed by atoms with Crippen LogP contribution in [-0.2, 0) is 4.79 Å². The summed E-state index contributed by atoms with van der Waals surface area (Å²) >= 11 is 1.13. The minimum Gasteiger partial charge on any atom is -0.401 e. The number of carbonyl (C=O) groups is 1. The number of hydrogen-bond acceptors (Lipinski definition) is 5. The number of hydrogen-bond donors (Lipinski definition) is 0. The normalized spacial score (nSPS) is 9.18. The van der Waals surface area contributed by atoms with E-state index in [4.69, 9.17) is 4.74 Å². The molecule has 0 aliphatic rings. The van der Waals surface area contributed by atoms with Crippen LogP contribution in [0.2, 0.25) is 0 Å². The molecule has 1 aromatic rings. The van der Waals surface area contributed by atoms with E-state index in [2.05, 4.69) is 16.2 Å². The van der Waals surface area contributed by atoms with Crippen LogP contribution < -0.4 is 4.74 Å². The van der Waals surface area contributed by atoms with Crippen molar-refractivity contribution in [2.75, 3.05) is 0 Å². The van der Waals surface area contributed by atoms with Gasteiger partial charge in [-0.2, -0.15) is 0 Å². The minimum atomic E-state index is -0.474. The maximum atomic E-state index is 10.8. The van der Waals surface area contributed by atoms with Gasteiger partial charge in [-0.3, -0.25) is 0 Å². The van der Waals surface area contributed by atoms with E-state index in [0.717, 1.165) is 11.5 Å². The lowest BCUT2D eigenvalue weighted by Crippen LogP contribution is -2.08. The minimum absolute atomic E-state index is 0.225. The maximum absolute atomic E-state index is 10.8. The zero-order valence-electron chi connectivity index (χ0n) is 5.90. The molecule has 0 aromatic carbocycles. The zero-order chi connectivity index (χ0) is 8.27. The molecule has 0 saturated heterocycles. The Morgan fingerprint density at radius 1 is 1.82 bits per heavy atom. The van der Waals surface area contributed by atoms with Crippen LogP contribution in [0.15, 0.2) is 17.5 Å². The van der Waals surface area contributed by atoms with Gasteiger partial charge in [0.25, 0.3) is 5.88 Å². The predicted molar refractivity (Wildman–Crippen MR) is 40.4 cm³/mol. The molecule has 11 heavy (non-hydrogen) atoms.